The highest BCUT2D eigenvalue weighted by Gasteiger charge is 2.27. The Morgan fingerprint density at radius 3 is 2.71 bits per heavy atom. The van der Waals surface area contributed by atoms with Gasteiger partial charge in [0.25, 0.3) is 0 Å². The summed E-state index contributed by atoms with van der Waals surface area (Å²) < 4.78 is 0. The lowest BCUT2D eigenvalue weighted by Gasteiger charge is -2.36. The average molecular weight is 287 g/mol. The van der Waals surface area contributed by atoms with Crippen molar-refractivity contribution in [2.24, 2.45) is 5.92 Å². The van der Waals surface area contributed by atoms with Crippen LogP contribution in [-0.4, -0.2) is 11.1 Å². The molecule has 2 atom stereocenters. The summed E-state index contributed by atoms with van der Waals surface area (Å²) in [6.45, 7) is 2.33. The minimum absolute atomic E-state index is 0.411. The number of nitrogens with one attached hydrogen (secondary N) is 1. The fourth-order valence-electron chi connectivity index (χ4n) is 4.36. The first-order chi connectivity index (χ1) is 10.3. The molecule has 2 unspecified atom stereocenters. The van der Waals surface area contributed by atoms with Crippen LogP contribution in [0.4, 0.5) is 0 Å². The van der Waals surface area contributed by atoms with Crippen molar-refractivity contribution in [3.8, 4) is 5.75 Å². The summed E-state index contributed by atoms with van der Waals surface area (Å²) in [6.07, 6.45) is 11.9. The first-order valence-corrected chi connectivity index (χ1v) is 8.85. The average Bonchev–Trinajstić information content (AvgIpc) is 2.53. The molecule has 0 aromatic heterocycles. The van der Waals surface area contributed by atoms with Gasteiger partial charge in [0.1, 0.15) is 5.75 Å². The Morgan fingerprint density at radius 2 is 1.95 bits per heavy atom. The van der Waals surface area contributed by atoms with E-state index >= 15 is 0 Å². The van der Waals surface area contributed by atoms with E-state index in [1.54, 1.807) is 0 Å². The third kappa shape index (κ3) is 3.42. The van der Waals surface area contributed by atoms with Gasteiger partial charge in [0.2, 0.25) is 0 Å². The first kappa shape index (κ1) is 14.9. The van der Waals surface area contributed by atoms with Crippen molar-refractivity contribution in [2.75, 3.05) is 0 Å². The Kier molecular flexibility index (Phi) is 4.84. The van der Waals surface area contributed by atoms with Crippen molar-refractivity contribution in [1.29, 1.82) is 0 Å². The summed E-state index contributed by atoms with van der Waals surface area (Å²) in [5, 5.41) is 13.7. The van der Waals surface area contributed by atoms with E-state index in [1.807, 2.05) is 12.1 Å². The van der Waals surface area contributed by atoms with Crippen LogP contribution in [0.25, 0.3) is 0 Å². The number of rotatable bonds is 4. The Morgan fingerprint density at radius 1 is 1.14 bits per heavy atom. The van der Waals surface area contributed by atoms with Crippen LogP contribution in [0.3, 0.4) is 0 Å². The molecule has 21 heavy (non-hydrogen) atoms. The summed E-state index contributed by atoms with van der Waals surface area (Å²) in [5.74, 6) is 1.28. The molecule has 1 saturated carbocycles. The zero-order chi connectivity index (χ0) is 14.7. The van der Waals surface area contributed by atoms with Crippen LogP contribution in [-0.2, 0) is 6.42 Å². The van der Waals surface area contributed by atoms with Crippen LogP contribution >= 0.6 is 0 Å². The first-order valence-electron chi connectivity index (χ1n) is 8.85. The molecule has 0 aliphatic heterocycles. The minimum Gasteiger partial charge on any atom is -0.508 e. The van der Waals surface area contributed by atoms with Crippen LogP contribution in [0.15, 0.2) is 18.2 Å². The third-order valence-electron chi connectivity index (χ3n) is 5.51. The van der Waals surface area contributed by atoms with Crippen molar-refractivity contribution < 1.29 is 5.11 Å². The van der Waals surface area contributed by atoms with Crippen molar-refractivity contribution in [2.45, 2.75) is 76.8 Å². The highest BCUT2D eigenvalue weighted by molar-refractivity contribution is 5.38. The second kappa shape index (κ2) is 6.83. The normalized spacial score (nSPS) is 24.5. The number of aromatic hydroxyl groups is 1. The predicted molar refractivity (Wildman–Crippen MR) is 87.6 cm³/mol. The minimum atomic E-state index is 0.411. The summed E-state index contributed by atoms with van der Waals surface area (Å²) in [7, 11) is 0. The van der Waals surface area contributed by atoms with E-state index in [-0.39, 0.29) is 0 Å². The van der Waals surface area contributed by atoms with Gasteiger partial charge >= 0.3 is 0 Å². The van der Waals surface area contributed by atoms with Gasteiger partial charge < -0.3 is 10.4 Å². The summed E-state index contributed by atoms with van der Waals surface area (Å²) in [4.78, 5) is 0. The Balaban J connectivity index is 1.72. The second-order valence-electron chi connectivity index (χ2n) is 6.91. The van der Waals surface area contributed by atoms with Gasteiger partial charge in [0, 0.05) is 12.1 Å². The molecule has 1 aromatic carbocycles. The Labute approximate surface area is 129 Å². The molecule has 1 fully saturated rings. The van der Waals surface area contributed by atoms with Crippen LogP contribution < -0.4 is 5.32 Å². The molecule has 3 rings (SSSR count). The van der Waals surface area contributed by atoms with Gasteiger partial charge in [-0.15, -0.1) is 0 Å². The molecule has 1 aromatic rings. The van der Waals surface area contributed by atoms with Gasteiger partial charge in [0.15, 0.2) is 0 Å². The van der Waals surface area contributed by atoms with Crippen molar-refractivity contribution in [1.82, 2.24) is 5.32 Å². The fourth-order valence-corrected chi connectivity index (χ4v) is 4.36. The maximum atomic E-state index is 9.69. The molecular weight excluding hydrogens is 258 g/mol. The predicted octanol–water partition coefficient (Wildman–Crippen LogP) is 4.72. The number of phenolic OH excluding ortho intramolecular Hbond substituents is 1. The Hall–Kier alpha value is -1.02. The van der Waals surface area contributed by atoms with E-state index in [0.29, 0.717) is 17.8 Å². The number of fused-ring (bicyclic) bond motifs is 1. The van der Waals surface area contributed by atoms with E-state index in [4.69, 9.17) is 0 Å². The van der Waals surface area contributed by atoms with E-state index in [1.165, 1.54) is 62.5 Å². The molecule has 0 bridgehead atoms. The van der Waals surface area contributed by atoms with Gasteiger partial charge in [-0.1, -0.05) is 32.3 Å². The third-order valence-corrected chi connectivity index (χ3v) is 5.51. The van der Waals surface area contributed by atoms with Gasteiger partial charge in [0.05, 0.1) is 0 Å². The molecule has 116 valence electrons. The molecule has 0 radical (unpaired) electrons. The maximum Gasteiger partial charge on any atom is 0.115 e. The molecule has 0 spiro atoms. The number of hydrogen-bond acceptors (Lipinski definition) is 2. The molecule has 0 saturated heterocycles. The number of benzene rings is 1. The van der Waals surface area contributed by atoms with E-state index in [9.17, 15) is 5.11 Å². The van der Waals surface area contributed by atoms with Crippen molar-refractivity contribution in [3.05, 3.63) is 29.3 Å². The quantitative estimate of drug-likeness (QED) is 0.840. The van der Waals surface area contributed by atoms with Crippen LogP contribution in [0.2, 0.25) is 0 Å². The maximum absolute atomic E-state index is 9.69. The second-order valence-corrected chi connectivity index (χ2v) is 6.91. The lowest BCUT2D eigenvalue weighted by molar-refractivity contribution is 0.238. The molecule has 0 heterocycles. The van der Waals surface area contributed by atoms with Crippen LogP contribution in [0.1, 0.15) is 75.5 Å². The highest BCUT2D eigenvalue weighted by atomic mass is 16.3. The lowest BCUT2D eigenvalue weighted by Crippen LogP contribution is -2.40. The molecule has 0 amide bonds. The molecule has 2 aliphatic rings. The smallest absolute Gasteiger partial charge is 0.115 e. The number of hydrogen-bond donors (Lipinski definition) is 2. The van der Waals surface area contributed by atoms with Crippen molar-refractivity contribution in [3.63, 3.8) is 0 Å². The Bertz CT molecular complexity index is 465. The lowest BCUT2D eigenvalue weighted by atomic mass is 9.81. The topological polar surface area (TPSA) is 32.3 Å². The summed E-state index contributed by atoms with van der Waals surface area (Å²) >= 11 is 0. The molecular formula is C19H29NO. The largest absolute Gasteiger partial charge is 0.508 e. The standard InChI is InChI=1S/C19H29NO/c1-2-18(14-7-4-3-5-8-14)20-19-10-6-9-15-13-16(21)11-12-17(15)19/h11-14,18-21H,2-10H2,1H3. The molecule has 2 nitrogen and oxygen atoms in total. The number of aryl methyl sites for hydroxylation is 1. The fraction of sp³-hybridized carbons (Fsp3) is 0.684. The highest BCUT2D eigenvalue weighted by Crippen LogP contribution is 2.34. The van der Waals surface area contributed by atoms with Crippen LogP contribution in [0.5, 0.6) is 5.75 Å². The molecule has 2 heteroatoms. The van der Waals surface area contributed by atoms with E-state index < -0.39 is 0 Å². The van der Waals surface area contributed by atoms with Gasteiger partial charge in [-0.2, -0.15) is 0 Å². The van der Waals surface area contributed by atoms with E-state index in [2.05, 4.69) is 18.3 Å². The number of phenols is 1. The van der Waals surface area contributed by atoms with Gasteiger partial charge in [-0.05, 0) is 67.7 Å². The van der Waals surface area contributed by atoms with Gasteiger partial charge in [-0.3, -0.25) is 0 Å². The molecule has 2 N–H and O–H groups in total. The SMILES string of the molecule is CCC(NC1CCCc2cc(O)ccc21)C1CCCCC1. The van der Waals surface area contributed by atoms with Crippen LogP contribution in [0, 0.1) is 5.92 Å². The van der Waals surface area contributed by atoms with E-state index in [0.717, 1.165) is 12.3 Å². The zero-order valence-electron chi connectivity index (χ0n) is 13.3. The van der Waals surface area contributed by atoms with Crippen molar-refractivity contribution >= 4 is 0 Å². The zero-order valence-corrected chi connectivity index (χ0v) is 13.3. The molecule has 2 aliphatic carbocycles. The summed E-state index contributed by atoms with van der Waals surface area (Å²) in [6, 6.07) is 7.09. The monoisotopic (exact) mass is 287 g/mol. The van der Waals surface area contributed by atoms with Gasteiger partial charge in [-0.25, -0.2) is 0 Å². The summed E-state index contributed by atoms with van der Waals surface area (Å²) in [5.41, 5.74) is 2.77.